The van der Waals surface area contributed by atoms with Crippen LogP contribution >= 0.6 is 0 Å². The molecule has 2 saturated heterocycles. The van der Waals surface area contributed by atoms with Gasteiger partial charge >= 0.3 is 0 Å². The van der Waals surface area contributed by atoms with E-state index in [1.165, 1.54) is 71.0 Å². The number of ether oxygens (including phenoxy) is 1. The SMILES string of the molecule is CN1CCC[C@H]2[C@@H]3CCc4cc(OCCN5CCCC5)ccc4[C@H]3CC[C@@]21C. The molecular weight excluding hydrogens is 344 g/mol. The summed E-state index contributed by atoms with van der Waals surface area (Å²) in [4.78, 5) is 5.22. The number of likely N-dealkylation sites (tertiary alicyclic amines) is 2. The van der Waals surface area contributed by atoms with Crippen LogP contribution in [0.2, 0.25) is 0 Å². The Morgan fingerprint density at radius 1 is 1.07 bits per heavy atom. The molecule has 3 fully saturated rings. The number of piperidine rings is 1. The number of fused-ring (bicyclic) bond motifs is 5. The second-order valence-electron chi connectivity index (χ2n) is 10.1. The van der Waals surface area contributed by atoms with Gasteiger partial charge < -0.3 is 9.64 Å². The van der Waals surface area contributed by atoms with E-state index in [1.807, 2.05) is 0 Å². The maximum Gasteiger partial charge on any atom is 0.119 e. The normalized spacial score (nSPS) is 35.9. The zero-order chi connectivity index (χ0) is 19.1. The molecule has 3 nitrogen and oxygen atoms in total. The molecule has 0 amide bonds. The average Bonchev–Trinajstić information content (AvgIpc) is 3.22. The van der Waals surface area contributed by atoms with Crippen molar-refractivity contribution in [3.05, 3.63) is 29.3 Å². The monoisotopic (exact) mass is 382 g/mol. The molecule has 1 saturated carbocycles. The van der Waals surface area contributed by atoms with Crippen molar-refractivity contribution < 1.29 is 4.74 Å². The minimum Gasteiger partial charge on any atom is -0.492 e. The fraction of sp³-hybridized carbons (Fsp3) is 0.760. The molecule has 0 bridgehead atoms. The number of nitrogens with zero attached hydrogens (tertiary/aromatic N) is 2. The van der Waals surface area contributed by atoms with E-state index in [-0.39, 0.29) is 0 Å². The molecule has 1 aromatic rings. The van der Waals surface area contributed by atoms with E-state index in [9.17, 15) is 0 Å². The van der Waals surface area contributed by atoms with Crippen molar-refractivity contribution in [3.63, 3.8) is 0 Å². The molecule has 0 spiro atoms. The quantitative estimate of drug-likeness (QED) is 0.750. The van der Waals surface area contributed by atoms with Crippen LogP contribution in [-0.2, 0) is 6.42 Å². The standard InChI is InChI=1S/C25H38N2O/c1-25-12-11-22-21-10-8-20(28-17-16-27-14-3-4-15-27)18-19(21)7-9-23(22)24(25)6-5-13-26(25)2/h8,10,18,22-24H,3-7,9,11-17H2,1-2H3/t22-,23-,24+,25+/m1/s1. The van der Waals surface area contributed by atoms with Crippen molar-refractivity contribution in [1.29, 1.82) is 0 Å². The molecule has 28 heavy (non-hydrogen) atoms. The Morgan fingerprint density at radius 3 is 2.79 bits per heavy atom. The molecule has 0 N–H and O–H groups in total. The molecule has 4 aliphatic rings. The highest BCUT2D eigenvalue weighted by molar-refractivity contribution is 5.40. The first-order valence-corrected chi connectivity index (χ1v) is 11.8. The van der Waals surface area contributed by atoms with Crippen LogP contribution in [0.15, 0.2) is 18.2 Å². The van der Waals surface area contributed by atoms with Crippen molar-refractivity contribution in [2.24, 2.45) is 11.8 Å². The highest BCUT2D eigenvalue weighted by Gasteiger charge is 2.51. The second kappa shape index (κ2) is 7.65. The van der Waals surface area contributed by atoms with E-state index in [2.05, 4.69) is 42.0 Å². The molecule has 3 heteroatoms. The first-order chi connectivity index (χ1) is 13.6. The third-order valence-corrected chi connectivity index (χ3v) is 8.81. The number of benzene rings is 1. The van der Waals surface area contributed by atoms with Crippen LogP contribution in [0.4, 0.5) is 0 Å². The Kier molecular flexibility index (Phi) is 5.17. The van der Waals surface area contributed by atoms with Crippen molar-refractivity contribution >= 4 is 0 Å². The van der Waals surface area contributed by atoms with Gasteiger partial charge in [-0.3, -0.25) is 4.90 Å². The van der Waals surface area contributed by atoms with Crippen molar-refractivity contribution in [1.82, 2.24) is 9.80 Å². The summed E-state index contributed by atoms with van der Waals surface area (Å²) in [5.41, 5.74) is 3.67. The van der Waals surface area contributed by atoms with Crippen LogP contribution in [0, 0.1) is 11.8 Å². The van der Waals surface area contributed by atoms with Gasteiger partial charge in [-0.1, -0.05) is 6.07 Å². The number of hydrogen-bond acceptors (Lipinski definition) is 3. The Balaban J connectivity index is 1.28. The number of aryl methyl sites for hydroxylation is 1. The summed E-state index contributed by atoms with van der Waals surface area (Å²) in [5, 5.41) is 0. The van der Waals surface area contributed by atoms with Gasteiger partial charge in [-0.2, -0.15) is 0 Å². The Morgan fingerprint density at radius 2 is 1.93 bits per heavy atom. The van der Waals surface area contributed by atoms with Gasteiger partial charge in [0.15, 0.2) is 0 Å². The summed E-state index contributed by atoms with van der Waals surface area (Å²) >= 11 is 0. The first-order valence-electron chi connectivity index (χ1n) is 11.8. The number of hydrogen-bond donors (Lipinski definition) is 0. The van der Waals surface area contributed by atoms with E-state index in [0.717, 1.165) is 36.7 Å². The molecule has 1 aromatic carbocycles. The van der Waals surface area contributed by atoms with E-state index < -0.39 is 0 Å². The maximum absolute atomic E-state index is 6.14. The number of rotatable bonds is 4. The lowest BCUT2D eigenvalue weighted by Crippen LogP contribution is -2.59. The van der Waals surface area contributed by atoms with Gasteiger partial charge in [-0.25, -0.2) is 0 Å². The van der Waals surface area contributed by atoms with Gasteiger partial charge in [-0.15, -0.1) is 0 Å². The van der Waals surface area contributed by atoms with Crippen LogP contribution in [0.3, 0.4) is 0 Å². The summed E-state index contributed by atoms with van der Waals surface area (Å²) in [6.45, 7) is 8.27. The third kappa shape index (κ3) is 3.29. The van der Waals surface area contributed by atoms with Gasteiger partial charge in [-0.05, 0) is 126 Å². The second-order valence-corrected chi connectivity index (χ2v) is 10.1. The maximum atomic E-state index is 6.14. The van der Waals surface area contributed by atoms with E-state index >= 15 is 0 Å². The van der Waals surface area contributed by atoms with E-state index in [4.69, 9.17) is 4.74 Å². The van der Waals surface area contributed by atoms with E-state index in [0.29, 0.717) is 5.54 Å². The fourth-order valence-electron chi connectivity index (χ4n) is 7.05. The molecule has 0 unspecified atom stereocenters. The van der Waals surface area contributed by atoms with Crippen LogP contribution < -0.4 is 4.74 Å². The van der Waals surface area contributed by atoms with Crippen LogP contribution in [-0.4, -0.2) is 55.2 Å². The topological polar surface area (TPSA) is 15.7 Å². The molecule has 2 aliphatic heterocycles. The largest absolute Gasteiger partial charge is 0.492 e. The lowest BCUT2D eigenvalue weighted by molar-refractivity contribution is -0.0471. The molecular formula is C25H38N2O. The molecule has 154 valence electrons. The summed E-state index contributed by atoms with van der Waals surface area (Å²) < 4.78 is 6.14. The highest BCUT2D eigenvalue weighted by Crippen LogP contribution is 2.55. The van der Waals surface area contributed by atoms with Crippen molar-refractivity contribution in [2.75, 3.05) is 39.8 Å². The lowest BCUT2D eigenvalue weighted by Gasteiger charge is -2.58. The molecule has 0 aromatic heterocycles. The fourth-order valence-corrected chi connectivity index (χ4v) is 7.05. The molecule has 2 aliphatic carbocycles. The van der Waals surface area contributed by atoms with Gasteiger partial charge in [0.05, 0.1) is 0 Å². The van der Waals surface area contributed by atoms with E-state index in [1.54, 1.807) is 11.1 Å². The van der Waals surface area contributed by atoms with Crippen LogP contribution in [0.1, 0.15) is 68.9 Å². The molecule has 4 atom stereocenters. The van der Waals surface area contributed by atoms with Crippen LogP contribution in [0.5, 0.6) is 5.75 Å². The predicted octanol–water partition coefficient (Wildman–Crippen LogP) is 4.70. The molecule has 2 heterocycles. The zero-order valence-electron chi connectivity index (χ0n) is 18.0. The Hall–Kier alpha value is -1.06. The smallest absolute Gasteiger partial charge is 0.119 e. The summed E-state index contributed by atoms with van der Waals surface area (Å²) in [7, 11) is 2.37. The summed E-state index contributed by atoms with van der Waals surface area (Å²) in [6, 6.07) is 7.05. The third-order valence-electron chi connectivity index (χ3n) is 8.81. The van der Waals surface area contributed by atoms with Gasteiger partial charge in [0.1, 0.15) is 12.4 Å². The van der Waals surface area contributed by atoms with Crippen molar-refractivity contribution in [2.45, 2.75) is 69.7 Å². The summed E-state index contributed by atoms with van der Waals surface area (Å²) in [5.74, 6) is 3.65. The Bertz CT molecular complexity index is 698. The Labute approximate surface area is 171 Å². The van der Waals surface area contributed by atoms with Gasteiger partial charge in [0.2, 0.25) is 0 Å². The first kappa shape index (κ1) is 18.9. The van der Waals surface area contributed by atoms with Crippen molar-refractivity contribution in [3.8, 4) is 5.75 Å². The molecule has 0 radical (unpaired) electrons. The highest BCUT2D eigenvalue weighted by atomic mass is 16.5. The van der Waals surface area contributed by atoms with Gasteiger partial charge in [0, 0.05) is 12.1 Å². The zero-order valence-corrected chi connectivity index (χ0v) is 18.0. The minimum atomic E-state index is 0.440. The lowest BCUT2D eigenvalue weighted by atomic mass is 9.55. The minimum absolute atomic E-state index is 0.440. The van der Waals surface area contributed by atoms with Crippen LogP contribution in [0.25, 0.3) is 0 Å². The molecule has 5 rings (SSSR count). The summed E-state index contributed by atoms with van der Waals surface area (Å²) in [6.07, 6.45) is 10.9. The predicted molar refractivity (Wildman–Crippen MR) is 115 cm³/mol. The average molecular weight is 383 g/mol. The van der Waals surface area contributed by atoms with Gasteiger partial charge in [0.25, 0.3) is 0 Å².